The molecule has 2 rings (SSSR count). The highest BCUT2D eigenvalue weighted by molar-refractivity contribution is 5.69. The number of hydrogen-bond donors (Lipinski definition) is 3. The van der Waals surface area contributed by atoms with E-state index in [2.05, 4.69) is 18.2 Å². The fraction of sp³-hybridized carbons (Fsp3) is 0.640. The molecule has 0 aliphatic carbocycles. The Labute approximate surface area is 185 Å². The molecule has 174 valence electrons. The molecule has 0 aromatic carbocycles. The zero-order chi connectivity index (χ0) is 22.8. The van der Waals surface area contributed by atoms with Gasteiger partial charge in [0.2, 0.25) is 0 Å². The lowest BCUT2D eigenvalue weighted by molar-refractivity contribution is -0.157. The SMILES string of the molecule is CC=CCC=CC(C)CC(O)C1CC2OC2C=CC(O)C(O)C=CCC(C)CC(=O)O1. The van der Waals surface area contributed by atoms with Crippen LogP contribution in [0, 0.1) is 11.8 Å². The molecule has 0 radical (unpaired) electrons. The van der Waals surface area contributed by atoms with Gasteiger partial charge in [-0.15, -0.1) is 0 Å². The van der Waals surface area contributed by atoms with E-state index in [1.165, 1.54) is 6.08 Å². The topological polar surface area (TPSA) is 99.5 Å². The van der Waals surface area contributed by atoms with E-state index in [0.29, 0.717) is 19.3 Å². The average molecular weight is 435 g/mol. The molecule has 0 spiro atoms. The second-order valence-corrected chi connectivity index (χ2v) is 8.76. The number of epoxide rings is 1. The van der Waals surface area contributed by atoms with Gasteiger partial charge in [-0.25, -0.2) is 0 Å². The van der Waals surface area contributed by atoms with Crippen LogP contribution in [0.1, 0.15) is 52.9 Å². The number of esters is 1. The van der Waals surface area contributed by atoms with Crippen molar-refractivity contribution in [1.29, 1.82) is 0 Å². The molecule has 8 unspecified atom stereocenters. The molecule has 6 nitrogen and oxygen atoms in total. The third-order valence-corrected chi connectivity index (χ3v) is 5.62. The molecular weight excluding hydrogens is 396 g/mol. The maximum atomic E-state index is 12.5. The van der Waals surface area contributed by atoms with E-state index in [0.717, 1.165) is 6.42 Å². The minimum atomic E-state index is -1.02. The molecule has 1 fully saturated rings. The summed E-state index contributed by atoms with van der Waals surface area (Å²) in [6.07, 6.45) is 13.4. The Morgan fingerprint density at radius 2 is 1.94 bits per heavy atom. The van der Waals surface area contributed by atoms with Gasteiger partial charge in [0, 0.05) is 12.8 Å². The predicted molar refractivity (Wildman–Crippen MR) is 120 cm³/mol. The molecule has 6 heteroatoms. The molecule has 0 aromatic heterocycles. The standard InChI is InChI=1S/C25H38O6/c1-4-5-6-7-9-17(2)14-21(28)23-16-24-22(30-24)13-12-20(27)19(26)11-8-10-18(3)15-25(29)31-23/h4-5,7-9,11-13,17-24,26-28H,6,10,14-16H2,1-3H3. The van der Waals surface area contributed by atoms with Crippen molar-refractivity contribution >= 4 is 5.97 Å². The Morgan fingerprint density at radius 1 is 1.19 bits per heavy atom. The maximum Gasteiger partial charge on any atom is 0.306 e. The van der Waals surface area contributed by atoms with Gasteiger partial charge in [0.1, 0.15) is 24.4 Å². The van der Waals surface area contributed by atoms with Gasteiger partial charge in [-0.3, -0.25) is 4.79 Å². The quantitative estimate of drug-likeness (QED) is 0.337. The fourth-order valence-corrected chi connectivity index (χ4v) is 3.65. The van der Waals surface area contributed by atoms with E-state index in [1.54, 1.807) is 18.2 Å². The average Bonchev–Trinajstić information content (AvgIpc) is 3.45. The molecule has 0 amide bonds. The first-order valence-electron chi connectivity index (χ1n) is 11.3. The van der Waals surface area contributed by atoms with Gasteiger partial charge in [-0.1, -0.05) is 62.5 Å². The van der Waals surface area contributed by atoms with Crippen LogP contribution in [0.2, 0.25) is 0 Å². The van der Waals surface area contributed by atoms with Crippen molar-refractivity contribution < 1.29 is 29.6 Å². The number of hydrogen-bond acceptors (Lipinski definition) is 6. The van der Waals surface area contributed by atoms with Gasteiger partial charge in [0.15, 0.2) is 0 Å². The molecule has 2 aliphatic rings. The van der Waals surface area contributed by atoms with Crippen molar-refractivity contribution in [2.45, 2.75) is 89.5 Å². The highest BCUT2D eigenvalue weighted by Gasteiger charge is 2.41. The molecule has 8 atom stereocenters. The molecular formula is C25H38O6. The first kappa shape index (κ1) is 25.5. The lowest BCUT2D eigenvalue weighted by atomic mass is 9.96. The number of aliphatic hydroxyl groups excluding tert-OH is 3. The smallest absolute Gasteiger partial charge is 0.306 e. The van der Waals surface area contributed by atoms with Crippen LogP contribution in [0.25, 0.3) is 0 Å². The number of ether oxygens (including phenoxy) is 2. The van der Waals surface area contributed by atoms with E-state index in [-0.39, 0.29) is 36.4 Å². The Hall–Kier alpha value is -1.73. The monoisotopic (exact) mass is 434 g/mol. The first-order chi connectivity index (χ1) is 14.8. The van der Waals surface area contributed by atoms with Crippen molar-refractivity contribution in [2.24, 2.45) is 11.8 Å². The molecule has 31 heavy (non-hydrogen) atoms. The van der Waals surface area contributed by atoms with E-state index < -0.39 is 24.4 Å². The summed E-state index contributed by atoms with van der Waals surface area (Å²) < 4.78 is 11.3. The molecule has 2 aliphatic heterocycles. The highest BCUT2D eigenvalue weighted by atomic mass is 16.6. The van der Waals surface area contributed by atoms with Crippen molar-refractivity contribution in [3.8, 4) is 0 Å². The summed E-state index contributed by atoms with van der Waals surface area (Å²) >= 11 is 0. The third kappa shape index (κ3) is 9.52. The summed E-state index contributed by atoms with van der Waals surface area (Å²) in [6, 6.07) is 0. The molecule has 0 aromatic rings. The molecule has 2 heterocycles. The summed E-state index contributed by atoms with van der Waals surface area (Å²) in [7, 11) is 0. The van der Waals surface area contributed by atoms with Crippen molar-refractivity contribution in [3.05, 3.63) is 48.6 Å². The van der Waals surface area contributed by atoms with E-state index in [9.17, 15) is 20.1 Å². The molecule has 3 N–H and O–H groups in total. The number of carbonyl (C=O) groups excluding carboxylic acids is 1. The molecule has 0 bridgehead atoms. The van der Waals surface area contributed by atoms with Crippen LogP contribution < -0.4 is 0 Å². The Kier molecular flexibility index (Phi) is 10.7. The van der Waals surface area contributed by atoms with Gasteiger partial charge in [-0.2, -0.15) is 0 Å². The normalized spacial score (nSPS) is 34.7. The minimum Gasteiger partial charge on any atom is -0.459 e. The summed E-state index contributed by atoms with van der Waals surface area (Å²) in [5, 5.41) is 30.9. The summed E-state index contributed by atoms with van der Waals surface area (Å²) in [5.41, 5.74) is 0. The van der Waals surface area contributed by atoms with Gasteiger partial charge in [0.05, 0.1) is 12.2 Å². The van der Waals surface area contributed by atoms with Crippen molar-refractivity contribution in [3.63, 3.8) is 0 Å². The van der Waals surface area contributed by atoms with Crippen LogP contribution in [-0.2, 0) is 14.3 Å². The lowest BCUT2D eigenvalue weighted by Crippen LogP contribution is -2.34. The van der Waals surface area contributed by atoms with Gasteiger partial charge in [-0.05, 0) is 38.0 Å². The Bertz CT molecular complexity index is 667. The van der Waals surface area contributed by atoms with Crippen molar-refractivity contribution in [2.75, 3.05) is 0 Å². The van der Waals surface area contributed by atoms with Crippen LogP contribution in [0.3, 0.4) is 0 Å². The number of allylic oxidation sites excluding steroid dienone is 5. The van der Waals surface area contributed by atoms with Crippen LogP contribution >= 0.6 is 0 Å². The van der Waals surface area contributed by atoms with Crippen LogP contribution in [0.4, 0.5) is 0 Å². The number of aliphatic hydroxyl groups is 3. The first-order valence-corrected chi connectivity index (χ1v) is 11.3. The number of fused-ring (bicyclic) bond motifs is 1. The van der Waals surface area contributed by atoms with Gasteiger partial charge < -0.3 is 24.8 Å². The summed E-state index contributed by atoms with van der Waals surface area (Å²) in [6.45, 7) is 5.94. The highest BCUT2D eigenvalue weighted by Crippen LogP contribution is 2.31. The van der Waals surface area contributed by atoms with E-state index in [1.807, 2.05) is 26.8 Å². The zero-order valence-electron chi connectivity index (χ0n) is 18.8. The Balaban J connectivity index is 2.04. The molecule has 1 saturated heterocycles. The van der Waals surface area contributed by atoms with Crippen LogP contribution in [0.15, 0.2) is 48.6 Å². The van der Waals surface area contributed by atoms with Gasteiger partial charge in [0.25, 0.3) is 0 Å². The van der Waals surface area contributed by atoms with Crippen LogP contribution in [0.5, 0.6) is 0 Å². The molecule has 0 saturated carbocycles. The fourth-order valence-electron chi connectivity index (χ4n) is 3.65. The number of rotatable bonds is 6. The van der Waals surface area contributed by atoms with Crippen LogP contribution in [-0.4, -0.2) is 57.9 Å². The predicted octanol–water partition coefficient (Wildman–Crippen LogP) is 3.23. The van der Waals surface area contributed by atoms with Crippen molar-refractivity contribution in [1.82, 2.24) is 0 Å². The number of cyclic esters (lactones) is 1. The zero-order valence-corrected chi connectivity index (χ0v) is 18.8. The van der Waals surface area contributed by atoms with E-state index in [4.69, 9.17) is 9.47 Å². The Morgan fingerprint density at radius 3 is 2.68 bits per heavy atom. The van der Waals surface area contributed by atoms with E-state index >= 15 is 0 Å². The second kappa shape index (κ2) is 13.0. The third-order valence-electron chi connectivity index (χ3n) is 5.62. The lowest BCUT2D eigenvalue weighted by Gasteiger charge is -2.25. The summed E-state index contributed by atoms with van der Waals surface area (Å²) in [4.78, 5) is 12.5. The largest absolute Gasteiger partial charge is 0.459 e. The maximum absolute atomic E-state index is 12.5. The minimum absolute atomic E-state index is 0.0185. The summed E-state index contributed by atoms with van der Waals surface area (Å²) in [5.74, 6) is -0.179. The second-order valence-electron chi connectivity index (χ2n) is 8.76. The van der Waals surface area contributed by atoms with Gasteiger partial charge >= 0.3 is 5.97 Å². The number of carbonyl (C=O) groups is 1.